The van der Waals surface area contributed by atoms with Crippen molar-refractivity contribution in [1.82, 2.24) is 0 Å². The molecule has 0 heterocycles. The van der Waals surface area contributed by atoms with E-state index in [1.54, 1.807) is 0 Å². The fourth-order valence-corrected chi connectivity index (χ4v) is 20.0. The summed E-state index contributed by atoms with van der Waals surface area (Å²) in [4.78, 5) is 0. The first-order valence-electron chi connectivity index (χ1n) is 33.9. The summed E-state index contributed by atoms with van der Waals surface area (Å²) in [6.45, 7) is 15.3. The lowest BCUT2D eigenvalue weighted by Crippen LogP contribution is -2.60. The SMILES string of the molecule is Cc1cc(O)c(C2CCCCC2)cc1C(c1cc(C2CCCCC2)c(O)cc1C)c1cc(C23CC4CC(C2)C(C)C(c2cc(C)c(O)c(C(c5cc(C6CCCCC6)c(O)cc5C)c5cc(C6CCCCC6)c(O)cc5C)c2)(C4)C3)cc(C)c1O. The minimum absolute atomic E-state index is 0.166. The van der Waals surface area contributed by atoms with Crippen LogP contribution in [0.1, 0.15) is 303 Å². The van der Waals surface area contributed by atoms with Crippen LogP contribution in [0.2, 0.25) is 0 Å². The van der Waals surface area contributed by atoms with E-state index in [1.165, 1.54) is 43.2 Å². The van der Waals surface area contributed by atoms with Crippen LogP contribution in [0.5, 0.6) is 34.5 Å². The quantitative estimate of drug-likeness (QED) is 0.0679. The Morgan fingerprint density at radius 2 is 0.682 bits per heavy atom. The minimum Gasteiger partial charge on any atom is -0.508 e. The van der Waals surface area contributed by atoms with Crippen molar-refractivity contribution in [1.29, 1.82) is 0 Å². The monoisotopic (exact) mass is 1140 g/mol. The number of hydrogen-bond acceptors (Lipinski definition) is 6. The molecule has 6 N–H and O–H groups in total. The molecule has 6 nitrogen and oxygen atoms in total. The third-order valence-corrected chi connectivity index (χ3v) is 24.4. The lowest BCUT2D eigenvalue weighted by Gasteiger charge is -2.66. The zero-order chi connectivity index (χ0) is 59.2. The second kappa shape index (κ2) is 23.0. The van der Waals surface area contributed by atoms with E-state index in [-0.39, 0.29) is 46.3 Å². The van der Waals surface area contributed by atoms with E-state index in [0.29, 0.717) is 52.3 Å². The van der Waals surface area contributed by atoms with Gasteiger partial charge in [0.15, 0.2) is 0 Å². The van der Waals surface area contributed by atoms with Crippen molar-refractivity contribution >= 4 is 0 Å². The van der Waals surface area contributed by atoms with Gasteiger partial charge in [0.05, 0.1) is 0 Å². The predicted molar refractivity (Wildman–Crippen MR) is 345 cm³/mol. The van der Waals surface area contributed by atoms with E-state index >= 15 is 0 Å². The Bertz CT molecular complexity index is 3360. The molecule has 450 valence electrons. The third kappa shape index (κ3) is 10.4. The van der Waals surface area contributed by atoms with Crippen molar-refractivity contribution < 1.29 is 30.6 Å². The Kier molecular flexibility index (Phi) is 15.7. The van der Waals surface area contributed by atoms with Crippen LogP contribution in [-0.4, -0.2) is 30.6 Å². The van der Waals surface area contributed by atoms with Crippen molar-refractivity contribution in [2.24, 2.45) is 17.8 Å². The van der Waals surface area contributed by atoms with Crippen LogP contribution in [0.4, 0.5) is 0 Å². The van der Waals surface area contributed by atoms with Crippen molar-refractivity contribution in [2.45, 2.75) is 255 Å². The van der Waals surface area contributed by atoms with Crippen LogP contribution in [-0.2, 0) is 10.8 Å². The molecule has 8 aliphatic rings. The van der Waals surface area contributed by atoms with Gasteiger partial charge >= 0.3 is 0 Å². The highest BCUT2D eigenvalue weighted by atomic mass is 16.3. The molecule has 8 fully saturated rings. The molecule has 0 radical (unpaired) electrons. The Hall–Kier alpha value is -5.88. The van der Waals surface area contributed by atoms with Crippen LogP contribution in [0, 0.1) is 59.3 Å². The zero-order valence-corrected chi connectivity index (χ0v) is 52.5. The average molecular weight is 1140 g/mol. The maximum atomic E-state index is 12.9. The number of benzene rings is 6. The highest BCUT2D eigenvalue weighted by molar-refractivity contribution is 5.63. The topological polar surface area (TPSA) is 121 Å². The molecule has 4 bridgehead atoms. The number of phenolic OH excluding ortho intramolecular Hbond substituents is 6. The number of rotatable bonds is 12. The highest BCUT2D eigenvalue weighted by Crippen LogP contribution is 2.69. The number of aromatic hydroxyl groups is 6. The van der Waals surface area contributed by atoms with E-state index in [0.717, 1.165) is 217 Å². The number of phenols is 6. The van der Waals surface area contributed by atoms with Gasteiger partial charge < -0.3 is 30.6 Å². The molecule has 5 atom stereocenters. The Morgan fingerprint density at radius 3 is 1.04 bits per heavy atom. The molecule has 6 aromatic rings. The molecule has 8 aliphatic carbocycles. The molecule has 0 aliphatic heterocycles. The van der Waals surface area contributed by atoms with Crippen molar-refractivity contribution in [3.63, 3.8) is 0 Å². The lowest BCUT2D eigenvalue weighted by molar-refractivity contribution is -0.0727. The molecule has 85 heavy (non-hydrogen) atoms. The predicted octanol–water partition coefficient (Wildman–Crippen LogP) is 20.4. The molecule has 14 rings (SSSR count). The first kappa shape index (κ1) is 58.2. The zero-order valence-electron chi connectivity index (χ0n) is 52.5. The van der Waals surface area contributed by atoms with Gasteiger partial charge in [-0.05, 0) is 291 Å². The number of aryl methyl sites for hydroxylation is 6. The van der Waals surface area contributed by atoms with Gasteiger partial charge in [0, 0.05) is 23.0 Å². The molecule has 0 saturated heterocycles. The van der Waals surface area contributed by atoms with E-state index < -0.39 is 0 Å². The molecule has 0 amide bonds. The Labute approximate surface area is 508 Å². The van der Waals surface area contributed by atoms with Crippen LogP contribution in [0.15, 0.2) is 72.8 Å². The summed E-state index contributed by atoms with van der Waals surface area (Å²) in [7, 11) is 0. The van der Waals surface area contributed by atoms with Crippen molar-refractivity contribution in [3.8, 4) is 34.5 Å². The van der Waals surface area contributed by atoms with E-state index in [2.05, 4.69) is 97.0 Å². The third-order valence-electron chi connectivity index (χ3n) is 24.4. The Balaban J connectivity index is 0.972. The summed E-state index contributed by atoms with van der Waals surface area (Å²) in [5.41, 5.74) is 18.5. The molecule has 6 heteroatoms. The van der Waals surface area contributed by atoms with Crippen molar-refractivity contribution in [2.75, 3.05) is 0 Å². The summed E-state index contributed by atoms with van der Waals surface area (Å²) >= 11 is 0. The summed E-state index contributed by atoms with van der Waals surface area (Å²) in [5, 5.41) is 73.2. The summed E-state index contributed by atoms with van der Waals surface area (Å²) in [5.74, 6) is 4.03. The van der Waals surface area contributed by atoms with Gasteiger partial charge in [-0.15, -0.1) is 0 Å². The van der Waals surface area contributed by atoms with Gasteiger partial charge in [-0.3, -0.25) is 0 Å². The molecular formula is C79H98O6. The van der Waals surface area contributed by atoms with Gasteiger partial charge in [-0.1, -0.05) is 133 Å². The molecule has 0 spiro atoms. The second-order valence-electron chi connectivity index (χ2n) is 29.6. The van der Waals surface area contributed by atoms with Gasteiger partial charge in [0.2, 0.25) is 0 Å². The van der Waals surface area contributed by atoms with Gasteiger partial charge in [-0.2, -0.15) is 0 Å². The molecule has 5 unspecified atom stereocenters. The molecule has 0 aromatic heterocycles. The second-order valence-corrected chi connectivity index (χ2v) is 29.6. The maximum absolute atomic E-state index is 12.9. The maximum Gasteiger partial charge on any atom is 0.122 e. The fourth-order valence-electron chi connectivity index (χ4n) is 20.0. The normalized spacial score (nSPS) is 25.2. The minimum atomic E-state index is -0.342. The highest BCUT2D eigenvalue weighted by Gasteiger charge is 2.62. The Morgan fingerprint density at radius 1 is 0.353 bits per heavy atom. The smallest absolute Gasteiger partial charge is 0.122 e. The van der Waals surface area contributed by atoms with Crippen LogP contribution in [0.25, 0.3) is 0 Å². The van der Waals surface area contributed by atoms with E-state index in [4.69, 9.17) is 0 Å². The van der Waals surface area contributed by atoms with Crippen LogP contribution < -0.4 is 0 Å². The van der Waals surface area contributed by atoms with E-state index in [1.807, 2.05) is 24.3 Å². The molecule has 6 aromatic carbocycles. The van der Waals surface area contributed by atoms with Gasteiger partial charge in [0.1, 0.15) is 34.5 Å². The fraction of sp³-hybridized carbons (Fsp3) is 0.544. The largest absolute Gasteiger partial charge is 0.508 e. The molecular weight excluding hydrogens is 1040 g/mol. The summed E-state index contributed by atoms with van der Waals surface area (Å²) < 4.78 is 0. The first-order chi connectivity index (χ1) is 40.9. The lowest BCUT2D eigenvalue weighted by atomic mass is 9.38. The van der Waals surface area contributed by atoms with Crippen LogP contribution in [0.3, 0.4) is 0 Å². The van der Waals surface area contributed by atoms with Crippen molar-refractivity contribution in [3.05, 3.63) is 173 Å². The van der Waals surface area contributed by atoms with E-state index in [9.17, 15) is 30.6 Å². The first-order valence-corrected chi connectivity index (χ1v) is 33.9. The molecule has 8 saturated carbocycles. The van der Waals surface area contributed by atoms with Gasteiger partial charge in [-0.25, -0.2) is 0 Å². The summed E-state index contributed by atoms with van der Waals surface area (Å²) in [6, 6.07) is 26.8. The standard InChI is InChI=1S/C79H98O6/c1-45-30-70(80)64(53-20-12-8-13-21-53)37-60(45)74(61-38-65(71(81)31-46(61)2)54-22-14-9-15-23-54)68-35-58(28-49(5)76(68)84)78-41-52-34-57(43-78)51(7)79(42-52,44-78)59-29-50(6)77(85)69(36-59)75(62-39-66(72(82)32-47(62)3)55-24-16-10-17-25-55)63-40-67(73(83)33-48(63)4)56-26-18-11-19-27-56/h28-33,35-40,51-57,74-75,80-85H,8-27,34,41-44H2,1-7H3. The van der Waals surface area contributed by atoms with Crippen LogP contribution >= 0.6 is 0 Å². The number of hydrogen-bond donors (Lipinski definition) is 6. The van der Waals surface area contributed by atoms with Gasteiger partial charge in [0.25, 0.3) is 0 Å². The average Bonchev–Trinajstić information content (AvgIpc) is 0.750. The summed E-state index contributed by atoms with van der Waals surface area (Å²) in [6.07, 6.45) is 28.2.